The van der Waals surface area contributed by atoms with Crippen LogP contribution in [0.2, 0.25) is 0 Å². The summed E-state index contributed by atoms with van der Waals surface area (Å²) in [5, 5.41) is 15.2. The van der Waals surface area contributed by atoms with Crippen molar-refractivity contribution in [2.75, 3.05) is 20.3 Å². The van der Waals surface area contributed by atoms with E-state index in [1.54, 1.807) is 18.0 Å². The summed E-state index contributed by atoms with van der Waals surface area (Å²) < 4.78 is 6.93. The van der Waals surface area contributed by atoms with Gasteiger partial charge in [0.1, 0.15) is 5.60 Å². The van der Waals surface area contributed by atoms with Gasteiger partial charge in [0.2, 0.25) is 0 Å². The van der Waals surface area contributed by atoms with Crippen LogP contribution in [0.15, 0.2) is 42.6 Å². The lowest BCUT2D eigenvalue weighted by atomic mass is 9.94. The molecule has 5 nitrogen and oxygen atoms in total. The van der Waals surface area contributed by atoms with Crippen LogP contribution in [-0.2, 0) is 10.3 Å². The zero-order valence-electron chi connectivity index (χ0n) is 11.7. The fourth-order valence-corrected chi connectivity index (χ4v) is 2.34. The monoisotopic (exact) mass is 275 g/mol. The van der Waals surface area contributed by atoms with Crippen LogP contribution in [-0.4, -0.2) is 35.1 Å². The molecule has 0 amide bonds. The molecule has 20 heavy (non-hydrogen) atoms. The van der Waals surface area contributed by atoms with Crippen LogP contribution in [0.5, 0.6) is 0 Å². The van der Waals surface area contributed by atoms with Gasteiger partial charge in [0.25, 0.3) is 0 Å². The normalized spacial score (nSPS) is 14.2. The molecule has 1 aromatic heterocycles. The van der Waals surface area contributed by atoms with Crippen LogP contribution >= 0.6 is 0 Å². The van der Waals surface area contributed by atoms with E-state index in [9.17, 15) is 5.11 Å². The number of benzene rings is 1. The van der Waals surface area contributed by atoms with Gasteiger partial charge in [-0.1, -0.05) is 18.2 Å². The lowest BCUT2D eigenvalue weighted by Crippen LogP contribution is -2.34. The quantitative estimate of drug-likeness (QED) is 0.802. The minimum atomic E-state index is -1.08. The number of aliphatic hydroxyl groups is 1. The third-order valence-electron chi connectivity index (χ3n) is 3.30. The molecule has 0 saturated carbocycles. The Morgan fingerprint density at radius 2 is 2.05 bits per heavy atom. The second kappa shape index (κ2) is 6.65. The molecule has 1 aromatic carbocycles. The van der Waals surface area contributed by atoms with Crippen molar-refractivity contribution >= 4 is 0 Å². The van der Waals surface area contributed by atoms with Gasteiger partial charge in [-0.25, -0.2) is 4.68 Å². The Kier molecular flexibility index (Phi) is 4.89. The Labute approximate surface area is 119 Å². The molecule has 1 heterocycles. The van der Waals surface area contributed by atoms with Gasteiger partial charge in [-0.3, -0.25) is 0 Å². The molecular formula is C15H21N3O2. The van der Waals surface area contributed by atoms with E-state index in [-0.39, 0.29) is 6.61 Å². The van der Waals surface area contributed by atoms with Gasteiger partial charge in [-0.15, -0.1) is 0 Å². The van der Waals surface area contributed by atoms with Crippen molar-refractivity contribution in [1.29, 1.82) is 0 Å². The minimum Gasteiger partial charge on any atom is -0.381 e. The van der Waals surface area contributed by atoms with Crippen molar-refractivity contribution in [3.05, 3.63) is 48.3 Å². The molecule has 2 aromatic rings. The number of hydrogen-bond acceptors (Lipinski definition) is 4. The molecule has 3 N–H and O–H groups in total. The summed E-state index contributed by atoms with van der Waals surface area (Å²) >= 11 is 0. The number of aromatic nitrogens is 2. The standard InChI is InChI=1S/C15H21N3O2/c1-20-12-15(19,9-5-10-16)14-8-11-17-18(14)13-6-3-2-4-7-13/h2-4,6-8,11,19H,5,9-10,12,16H2,1H3. The van der Waals surface area contributed by atoms with Crippen LogP contribution in [0.4, 0.5) is 0 Å². The highest BCUT2D eigenvalue weighted by atomic mass is 16.5. The van der Waals surface area contributed by atoms with Crippen LogP contribution < -0.4 is 5.73 Å². The number of para-hydroxylation sites is 1. The molecule has 0 saturated heterocycles. The van der Waals surface area contributed by atoms with E-state index in [0.29, 0.717) is 13.0 Å². The summed E-state index contributed by atoms with van der Waals surface area (Å²) in [4.78, 5) is 0. The van der Waals surface area contributed by atoms with Gasteiger partial charge >= 0.3 is 0 Å². The van der Waals surface area contributed by atoms with E-state index in [1.807, 2.05) is 36.4 Å². The van der Waals surface area contributed by atoms with Gasteiger partial charge in [0.15, 0.2) is 0 Å². The van der Waals surface area contributed by atoms with E-state index in [0.717, 1.165) is 17.8 Å². The zero-order valence-corrected chi connectivity index (χ0v) is 11.7. The van der Waals surface area contributed by atoms with Gasteiger partial charge in [-0.05, 0) is 37.6 Å². The van der Waals surface area contributed by atoms with Crippen molar-refractivity contribution < 1.29 is 9.84 Å². The Hall–Kier alpha value is -1.69. The van der Waals surface area contributed by atoms with Crippen molar-refractivity contribution in [2.45, 2.75) is 18.4 Å². The predicted molar refractivity (Wildman–Crippen MR) is 77.6 cm³/mol. The van der Waals surface area contributed by atoms with Crippen LogP contribution in [0.25, 0.3) is 5.69 Å². The molecule has 1 atom stereocenters. The van der Waals surface area contributed by atoms with E-state index >= 15 is 0 Å². The highest BCUT2D eigenvalue weighted by Gasteiger charge is 2.32. The Balaban J connectivity index is 2.37. The first-order chi connectivity index (χ1) is 9.71. The second-order valence-electron chi connectivity index (χ2n) is 4.82. The number of methoxy groups -OCH3 is 1. The second-order valence-corrected chi connectivity index (χ2v) is 4.82. The summed E-state index contributed by atoms with van der Waals surface area (Å²) in [6, 6.07) is 11.6. The molecule has 2 rings (SSSR count). The van der Waals surface area contributed by atoms with Crippen LogP contribution in [0.1, 0.15) is 18.5 Å². The first-order valence-corrected chi connectivity index (χ1v) is 6.72. The molecule has 0 fully saturated rings. The molecule has 0 bridgehead atoms. The number of ether oxygens (including phenoxy) is 1. The van der Waals surface area contributed by atoms with Gasteiger partial charge in [0, 0.05) is 13.3 Å². The molecule has 0 radical (unpaired) electrons. The summed E-state index contributed by atoms with van der Waals surface area (Å²) in [5.41, 5.74) is 6.11. The number of rotatable bonds is 7. The lowest BCUT2D eigenvalue weighted by Gasteiger charge is -2.28. The number of nitrogens with zero attached hydrogens (tertiary/aromatic N) is 2. The molecule has 108 valence electrons. The smallest absolute Gasteiger partial charge is 0.130 e. The maximum Gasteiger partial charge on any atom is 0.130 e. The molecular weight excluding hydrogens is 254 g/mol. The fraction of sp³-hybridized carbons (Fsp3) is 0.400. The highest BCUT2D eigenvalue weighted by molar-refractivity contribution is 5.34. The fourth-order valence-electron chi connectivity index (χ4n) is 2.34. The van der Waals surface area contributed by atoms with Crippen LogP contribution in [0, 0.1) is 0 Å². The Morgan fingerprint density at radius 3 is 2.70 bits per heavy atom. The Morgan fingerprint density at radius 1 is 1.30 bits per heavy atom. The maximum absolute atomic E-state index is 10.9. The summed E-state index contributed by atoms with van der Waals surface area (Å²) in [7, 11) is 1.58. The molecule has 1 unspecified atom stereocenters. The summed E-state index contributed by atoms with van der Waals surface area (Å²) in [6.07, 6.45) is 2.95. The molecule has 5 heteroatoms. The topological polar surface area (TPSA) is 73.3 Å². The Bertz CT molecular complexity index is 527. The first-order valence-electron chi connectivity index (χ1n) is 6.72. The zero-order chi connectivity index (χ0) is 14.4. The minimum absolute atomic E-state index is 0.214. The third-order valence-corrected chi connectivity index (χ3v) is 3.30. The lowest BCUT2D eigenvalue weighted by molar-refractivity contribution is -0.0477. The van der Waals surface area contributed by atoms with Gasteiger partial charge in [0.05, 0.1) is 18.0 Å². The predicted octanol–water partition coefficient (Wildman–Crippen LogP) is 1.45. The van der Waals surface area contributed by atoms with Crippen molar-refractivity contribution in [3.63, 3.8) is 0 Å². The average molecular weight is 275 g/mol. The largest absolute Gasteiger partial charge is 0.381 e. The van der Waals surface area contributed by atoms with Gasteiger partial charge < -0.3 is 15.6 Å². The molecule has 0 aliphatic carbocycles. The van der Waals surface area contributed by atoms with Crippen molar-refractivity contribution in [1.82, 2.24) is 9.78 Å². The molecule has 0 aliphatic heterocycles. The number of nitrogens with two attached hydrogens (primary N) is 1. The van der Waals surface area contributed by atoms with Crippen LogP contribution in [0.3, 0.4) is 0 Å². The van der Waals surface area contributed by atoms with Crippen molar-refractivity contribution in [3.8, 4) is 5.69 Å². The van der Waals surface area contributed by atoms with Gasteiger partial charge in [-0.2, -0.15) is 5.10 Å². The third kappa shape index (κ3) is 3.07. The summed E-state index contributed by atoms with van der Waals surface area (Å²) in [6.45, 7) is 0.747. The highest BCUT2D eigenvalue weighted by Crippen LogP contribution is 2.28. The van der Waals surface area contributed by atoms with E-state index < -0.39 is 5.60 Å². The molecule has 0 aliphatic rings. The van der Waals surface area contributed by atoms with Crippen molar-refractivity contribution in [2.24, 2.45) is 5.73 Å². The number of hydrogen-bond donors (Lipinski definition) is 2. The first kappa shape index (κ1) is 14.7. The molecule has 0 spiro atoms. The SMILES string of the molecule is COCC(O)(CCCN)c1ccnn1-c1ccccc1. The van der Waals surface area contributed by atoms with E-state index in [1.165, 1.54) is 0 Å². The van der Waals surface area contributed by atoms with E-state index in [4.69, 9.17) is 10.5 Å². The van der Waals surface area contributed by atoms with E-state index in [2.05, 4.69) is 5.10 Å². The summed E-state index contributed by atoms with van der Waals surface area (Å²) in [5.74, 6) is 0. The maximum atomic E-state index is 10.9. The average Bonchev–Trinajstić information content (AvgIpc) is 2.96.